The Kier molecular flexibility index (Phi) is 5.32. The fraction of sp³-hybridized carbons (Fsp3) is 0.182. The van der Waals surface area contributed by atoms with E-state index >= 15 is 0 Å². The molecule has 4 heteroatoms. The Labute approximate surface area is 153 Å². The van der Waals surface area contributed by atoms with E-state index in [0.29, 0.717) is 18.5 Å². The largest absolute Gasteiger partial charge is 0.366 e. The van der Waals surface area contributed by atoms with Crippen LogP contribution in [0.4, 0.5) is 0 Å². The quantitative estimate of drug-likeness (QED) is 0.718. The molecule has 0 aromatic heterocycles. The van der Waals surface area contributed by atoms with Gasteiger partial charge in [0, 0.05) is 12.1 Å². The van der Waals surface area contributed by atoms with Crippen LogP contribution in [0, 0.1) is 0 Å². The van der Waals surface area contributed by atoms with Crippen LogP contribution in [-0.4, -0.2) is 18.4 Å². The molecule has 0 aliphatic heterocycles. The number of nitrogens with one attached hydrogen (secondary N) is 1. The van der Waals surface area contributed by atoms with Crippen molar-refractivity contribution < 1.29 is 9.59 Å². The average Bonchev–Trinajstić information content (AvgIpc) is 2.67. The molecular weight excluding hydrogens is 324 g/mol. The lowest BCUT2D eigenvalue weighted by Gasteiger charge is -2.13. The van der Waals surface area contributed by atoms with Gasteiger partial charge in [-0.05, 0) is 47.4 Å². The van der Waals surface area contributed by atoms with E-state index in [4.69, 9.17) is 5.73 Å². The molecule has 0 bridgehead atoms. The summed E-state index contributed by atoms with van der Waals surface area (Å²) in [6, 6.07) is 21.4. The molecule has 0 aliphatic rings. The van der Waals surface area contributed by atoms with Gasteiger partial charge in [-0.15, -0.1) is 0 Å². The minimum Gasteiger partial charge on any atom is -0.366 e. The molecule has 0 unspecified atom stereocenters. The van der Waals surface area contributed by atoms with Gasteiger partial charge in [-0.3, -0.25) is 9.59 Å². The van der Waals surface area contributed by atoms with Gasteiger partial charge in [0.05, 0.1) is 5.92 Å². The number of fused-ring (bicyclic) bond motifs is 1. The highest BCUT2D eigenvalue weighted by molar-refractivity contribution is 5.93. The first-order chi connectivity index (χ1) is 12.5. The predicted molar refractivity (Wildman–Crippen MR) is 104 cm³/mol. The van der Waals surface area contributed by atoms with Crippen molar-refractivity contribution in [2.24, 2.45) is 5.73 Å². The normalized spacial score (nSPS) is 11.9. The summed E-state index contributed by atoms with van der Waals surface area (Å²) in [5.41, 5.74) is 7.75. The smallest absolute Gasteiger partial charge is 0.248 e. The summed E-state index contributed by atoms with van der Waals surface area (Å²) in [5, 5.41) is 5.27. The molecule has 26 heavy (non-hydrogen) atoms. The van der Waals surface area contributed by atoms with E-state index in [1.54, 1.807) is 18.2 Å². The molecule has 0 spiro atoms. The highest BCUT2D eigenvalue weighted by Gasteiger charge is 2.15. The Hall–Kier alpha value is -3.14. The number of primary amides is 1. The van der Waals surface area contributed by atoms with Crippen molar-refractivity contribution in [3.63, 3.8) is 0 Å². The predicted octanol–water partition coefficient (Wildman–Crippen LogP) is 3.40. The van der Waals surface area contributed by atoms with Gasteiger partial charge in [0.1, 0.15) is 0 Å². The van der Waals surface area contributed by atoms with Crippen LogP contribution in [0.1, 0.15) is 34.3 Å². The highest BCUT2D eigenvalue weighted by atomic mass is 16.2. The van der Waals surface area contributed by atoms with Gasteiger partial charge < -0.3 is 11.1 Å². The van der Waals surface area contributed by atoms with E-state index in [9.17, 15) is 9.59 Å². The van der Waals surface area contributed by atoms with E-state index in [-0.39, 0.29) is 11.8 Å². The lowest BCUT2D eigenvalue weighted by Crippen LogP contribution is -2.29. The molecule has 3 aromatic rings. The maximum atomic E-state index is 12.5. The fourth-order valence-electron chi connectivity index (χ4n) is 2.99. The van der Waals surface area contributed by atoms with Crippen molar-refractivity contribution >= 4 is 22.6 Å². The molecule has 4 nitrogen and oxygen atoms in total. The Morgan fingerprint density at radius 3 is 2.50 bits per heavy atom. The maximum Gasteiger partial charge on any atom is 0.248 e. The van der Waals surface area contributed by atoms with Crippen molar-refractivity contribution in [1.29, 1.82) is 0 Å². The summed E-state index contributed by atoms with van der Waals surface area (Å²) in [6.45, 7) is 2.42. The van der Waals surface area contributed by atoms with E-state index in [0.717, 1.165) is 21.9 Å². The zero-order chi connectivity index (χ0) is 18.5. The molecule has 0 saturated carbocycles. The van der Waals surface area contributed by atoms with E-state index in [1.165, 1.54) is 0 Å². The van der Waals surface area contributed by atoms with Crippen LogP contribution in [0.3, 0.4) is 0 Å². The lowest BCUT2D eigenvalue weighted by molar-refractivity contribution is -0.122. The molecular formula is C22H22N2O2. The molecule has 132 valence electrons. The van der Waals surface area contributed by atoms with Crippen LogP contribution in [-0.2, 0) is 11.2 Å². The second kappa shape index (κ2) is 7.83. The van der Waals surface area contributed by atoms with Gasteiger partial charge in [-0.2, -0.15) is 0 Å². The monoisotopic (exact) mass is 346 g/mol. The summed E-state index contributed by atoms with van der Waals surface area (Å²) in [6.07, 6.45) is 0.650. The lowest BCUT2D eigenvalue weighted by atomic mass is 9.97. The summed E-state index contributed by atoms with van der Waals surface area (Å²) < 4.78 is 0. The summed E-state index contributed by atoms with van der Waals surface area (Å²) in [4.78, 5) is 23.7. The topological polar surface area (TPSA) is 72.2 Å². The number of hydrogen-bond acceptors (Lipinski definition) is 2. The standard InChI is InChI=1S/C22H22N2O2/c1-15(18-10-9-17-6-2-3-7-19(17)14-18)22(26)24-12-11-16-5-4-8-20(13-16)21(23)25/h2-10,13-15H,11-12H2,1H3,(H2,23,25)(H,24,26)/t15-/m0/s1. The molecule has 0 heterocycles. The molecule has 1 atom stereocenters. The van der Waals surface area contributed by atoms with Gasteiger partial charge in [-0.1, -0.05) is 54.6 Å². The Morgan fingerprint density at radius 1 is 0.962 bits per heavy atom. The first-order valence-electron chi connectivity index (χ1n) is 8.70. The summed E-state index contributed by atoms with van der Waals surface area (Å²) >= 11 is 0. The van der Waals surface area contributed by atoms with Gasteiger partial charge in [-0.25, -0.2) is 0 Å². The van der Waals surface area contributed by atoms with Gasteiger partial charge in [0.25, 0.3) is 0 Å². The summed E-state index contributed by atoms with van der Waals surface area (Å²) in [7, 11) is 0. The van der Waals surface area contributed by atoms with Crippen molar-refractivity contribution in [2.75, 3.05) is 6.54 Å². The zero-order valence-electron chi connectivity index (χ0n) is 14.7. The van der Waals surface area contributed by atoms with E-state index < -0.39 is 5.91 Å². The number of carbonyl (C=O) groups is 2. The molecule has 0 saturated heterocycles. The highest BCUT2D eigenvalue weighted by Crippen LogP contribution is 2.21. The van der Waals surface area contributed by atoms with Crippen molar-refractivity contribution in [2.45, 2.75) is 19.3 Å². The maximum absolute atomic E-state index is 12.5. The second-order valence-electron chi connectivity index (χ2n) is 6.43. The molecule has 0 aliphatic carbocycles. The fourth-order valence-corrected chi connectivity index (χ4v) is 2.99. The Balaban J connectivity index is 1.60. The van der Waals surface area contributed by atoms with Gasteiger partial charge >= 0.3 is 0 Å². The van der Waals surface area contributed by atoms with E-state index in [2.05, 4.69) is 23.5 Å². The second-order valence-corrected chi connectivity index (χ2v) is 6.43. The first-order valence-corrected chi connectivity index (χ1v) is 8.70. The SMILES string of the molecule is C[C@H](C(=O)NCCc1cccc(C(N)=O)c1)c1ccc2ccccc2c1. The molecule has 0 fully saturated rings. The molecule has 0 radical (unpaired) electrons. The summed E-state index contributed by atoms with van der Waals surface area (Å²) in [5.74, 6) is -0.677. The van der Waals surface area contributed by atoms with Crippen molar-refractivity contribution in [1.82, 2.24) is 5.32 Å². The third-order valence-electron chi connectivity index (χ3n) is 4.59. The van der Waals surface area contributed by atoms with Crippen molar-refractivity contribution in [3.8, 4) is 0 Å². The first kappa shape index (κ1) is 17.7. The van der Waals surface area contributed by atoms with Gasteiger partial charge in [0.2, 0.25) is 11.8 Å². The van der Waals surface area contributed by atoms with Crippen LogP contribution in [0.2, 0.25) is 0 Å². The minimum absolute atomic E-state index is 0.00802. The number of benzene rings is 3. The number of nitrogens with two attached hydrogens (primary N) is 1. The number of amides is 2. The third kappa shape index (κ3) is 4.09. The van der Waals surface area contributed by atoms with Crippen LogP contribution < -0.4 is 11.1 Å². The molecule has 2 amide bonds. The number of hydrogen-bond donors (Lipinski definition) is 2. The van der Waals surface area contributed by atoms with Crippen LogP contribution in [0.15, 0.2) is 66.7 Å². The third-order valence-corrected chi connectivity index (χ3v) is 4.59. The molecule has 3 rings (SSSR count). The average molecular weight is 346 g/mol. The Morgan fingerprint density at radius 2 is 1.73 bits per heavy atom. The number of rotatable bonds is 6. The number of carbonyl (C=O) groups excluding carboxylic acids is 2. The van der Waals surface area contributed by atoms with Crippen LogP contribution in [0.5, 0.6) is 0 Å². The molecule has 3 aromatic carbocycles. The zero-order valence-corrected chi connectivity index (χ0v) is 14.7. The van der Waals surface area contributed by atoms with Crippen LogP contribution in [0.25, 0.3) is 10.8 Å². The van der Waals surface area contributed by atoms with Gasteiger partial charge in [0.15, 0.2) is 0 Å². The van der Waals surface area contributed by atoms with Crippen molar-refractivity contribution in [3.05, 3.63) is 83.4 Å². The van der Waals surface area contributed by atoms with E-state index in [1.807, 2.05) is 37.3 Å². The van der Waals surface area contributed by atoms with Crippen LogP contribution >= 0.6 is 0 Å². The Bertz CT molecular complexity index is 950. The molecule has 3 N–H and O–H groups in total. The minimum atomic E-state index is -0.444.